The Morgan fingerprint density at radius 3 is 2.83 bits per heavy atom. The minimum atomic E-state index is 0.0460. The Morgan fingerprint density at radius 2 is 2.22 bits per heavy atom. The number of pyridine rings is 1. The second kappa shape index (κ2) is 6.99. The van der Waals surface area contributed by atoms with E-state index in [1.54, 1.807) is 23.4 Å². The Morgan fingerprint density at radius 1 is 1.50 bits per heavy atom. The van der Waals surface area contributed by atoms with Crippen molar-refractivity contribution in [1.82, 2.24) is 9.88 Å². The van der Waals surface area contributed by atoms with Gasteiger partial charge in [0.2, 0.25) is 0 Å². The molecule has 0 fully saturated rings. The van der Waals surface area contributed by atoms with Crippen molar-refractivity contribution in [1.29, 1.82) is 0 Å². The molecule has 1 N–H and O–H groups in total. The lowest BCUT2D eigenvalue weighted by Crippen LogP contribution is -2.30. The molecule has 0 aliphatic heterocycles. The zero-order chi connectivity index (χ0) is 13.5. The topological polar surface area (TPSA) is 45.2 Å². The van der Waals surface area contributed by atoms with E-state index in [0.717, 1.165) is 25.2 Å². The molecule has 4 nitrogen and oxygen atoms in total. The van der Waals surface area contributed by atoms with Gasteiger partial charge in [0.05, 0.1) is 17.4 Å². The monoisotopic (exact) mass is 249 g/mol. The fourth-order valence-corrected chi connectivity index (χ4v) is 1.82. The van der Waals surface area contributed by atoms with Crippen LogP contribution in [-0.2, 0) is 0 Å². The number of hydrogen-bond donors (Lipinski definition) is 1. The molecule has 1 aromatic rings. The minimum absolute atomic E-state index is 0.0460. The Labute approximate surface area is 109 Å². The lowest BCUT2D eigenvalue weighted by atomic mass is 10.1. The Hall–Kier alpha value is -1.58. The Balaban J connectivity index is 2.84. The standard InChI is InChI=1S/C14H23N3O/c1-5-7-16-13-9-15-8-6-12(13)14(18)17(4)10-11(2)3/h6,8-9,11,16H,5,7,10H2,1-4H3. The molecule has 0 unspecified atom stereocenters. The SMILES string of the molecule is CCCNc1cnccc1C(=O)N(C)CC(C)C. The van der Waals surface area contributed by atoms with Crippen molar-refractivity contribution in [3.8, 4) is 0 Å². The summed E-state index contributed by atoms with van der Waals surface area (Å²) in [6.07, 6.45) is 4.39. The molecule has 1 rings (SSSR count). The van der Waals surface area contributed by atoms with Crippen molar-refractivity contribution in [2.24, 2.45) is 5.92 Å². The summed E-state index contributed by atoms with van der Waals surface area (Å²) in [5, 5.41) is 3.24. The van der Waals surface area contributed by atoms with Gasteiger partial charge < -0.3 is 10.2 Å². The third kappa shape index (κ3) is 4.02. The smallest absolute Gasteiger partial charge is 0.255 e. The van der Waals surface area contributed by atoms with E-state index in [1.807, 2.05) is 7.05 Å². The first-order valence-electron chi connectivity index (χ1n) is 6.49. The molecule has 1 heterocycles. The largest absolute Gasteiger partial charge is 0.383 e. The molecule has 0 atom stereocenters. The molecule has 4 heteroatoms. The summed E-state index contributed by atoms with van der Waals surface area (Å²) in [4.78, 5) is 18.2. The molecular formula is C14H23N3O. The third-order valence-corrected chi connectivity index (χ3v) is 2.60. The van der Waals surface area contributed by atoms with Gasteiger partial charge in [-0.2, -0.15) is 0 Å². The maximum absolute atomic E-state index is 12.3. The lowest BCUT2D eigenvalue weighted by Gasteiger charge is -2.21. The van der Waals surface area contributed by atoms with Crippen LogP contribution in [0.25, 0.3) is 0 Å². The maximum atomic E-state index is 12.3. The number of nitrogens with one attached hydrogen (secondary N) is 1. The number of carbonyl (C=O) groups is 1. The zero-order valence-electron chi connectivity index (χ0n) is 11.7. The van der Waals surface area contributed by atoms with Crippen LogP contribution in [0.2, 0.25) is 0 Å². The molecule has 100 valence electrons. The van der Waals surface area contributed by atoms with Crippen molar-refractivity contribution in [3.05, 3.63) is 24.0 Å². The number of carbonyl (C=O) groups excluding carboxylic acids is 1. The molecule has 0 saturated heterocycles. The Kier molecular flexibility index (Phi) is 5.62. The first-order valence-corrected chi connectivity index (χ1v) is 6.49. The summed E-state index contributed by atoms with van der Waals surface area (Å²) in [7, 11) is 1.84. The molecule has 1 amide bonds. The number of amides is 1. The third-order valence-electron chi connectivity index (χ3n) is 2.60. The molecular weight excluding hydrogens is 226 g/mol. The normalized spacial score (nSPS) is 10.5. The molecule has 0 aliphatic carbocycles. The van der Waals surface area contributed by atoms with E-state index in [2.05, 4.69) is 31.1 Å². The highest BCUT2D eigenvalue weighted by Crippen LogP contribution is 2.16. The summed E-state index contributed by atoms with van der Waals surface area (Å²) in [6.45, 7) is 7.91. The predicted molar refractivity (Wildman–Crippen MR) is 74.8 cm³/mol. The van der Waals surface area contributed by atoms with Crippen molar-refractivity contribution >= 4 is 11.6 Å². The van der Waals surface area contributed by atoms with E-state index in [9.17, 15) is 4.79 Å². The van der Waals surface area contributed by atoms with Gasteiger partial charge in [-0.3, -0.25) is 9.78 Å². The summed E-state index contributed by atoms with van der Waals surface area (Å²) in [5.41, 5.74) is 1.52. The first-order chi connectivity index (χ1) is 8.56. The molecule has 0 spiro atoms. The van der Waals surface area contributed by atoms with Gasteiger partial charge in [-0.1, -0.05) is 20.8 Å². The molecule has 1 aromatic heterocycles. The average molecular weight is 249 g/mol. The van der Waals surface area contributed by atoms with Gasteiger partial charge in [0, 0.05) is 26.3 Å². The molecule has 0 aliphatic rings. The van der Waals surface area contributed by atoms with E-state index in [0.29, 0.717) is 11.5 Å². The fourth-order valence-electron chi connectivity index (χ4n) is 1.82. The maximum Gasteiger partial charge on any atom is 0.255 e. The van der Waals surface area contributed by atoms with E-state index < -0.39 is 0 Å². The van der Waals surface area contributed by atoms with Crippen LogP contribution in [0.4, 0.5) is 5.69 Å². The van der Waals surface area contributed by atoms with Crippen LogP contribution in [0, 0.1) is 5.92 Å². The van der Waals surface area contributed by atoms with E-state index in [4.69, 9.17) is 0 Å². The van der Waals surface area contributed by atoms with Crippen LogP contribution in [0.15, 0.2) is 18.5 Å². The van der Waals surface area contributed by atoms with Crippen LogP contribution in [0.3, 0.4) is 0 Å². The number of hydrogen-bond acceptors (Lipinski definition) is 3. The van der Waals surface area contributed by atoms with Crippen LogP contribution in [0.1, 0.15) is 37.6 Å². The molecule has 18 heavy (non-hydrogen) atoms. The van der Waals surface area contributed by atoms with E-state index >= 15 is 0 Å². The van der Waals surface area contributed by atoms with Gasteiger partial charge in [-0.25, -0.2) is 0 Å². The van der Waals surface area contributed by atoms with Gasteiger partial charge in [-0.05, 0) is 18.4 Å². The minimum Gasteiger partial charge on any atom is -0.383 e. The lowest BCUT2D eigenvalue weighted by molar-refractivity contribution is 0.0780. The van der Waals surface area contributed by atoms with E-state index in [-0.39, 0.29) is 5.91 Å². The average Bonchev–Trinajstić information content (AvgIpc) is 2.35. The molecule has 0 saturated carbocycles. The molecule has 0 bridgehead atoms. The fraction of sp³-hybridized carbons (Fsp3) is 0.571. The van der Waals surface area contributed by atoms with Crippen LogP contribution in [0.5, 0.6) is 0 Å². The van der Waals surface area contributed by atoms with Crippen molar-refractivity contribution in [2.45, 2.75) is 27.2 Å². The molecule has 0 radical (unpaired) electrons. The van der Waals surface area contributed by atoms with Crippen LogP contribution >= 0.6 is 0 Å². The van der Waals surface area contributed by atoms with Gasteiger partial charge in [0.1, 0.15) is 0 Å². The highest BCUT2D eigenvalue weighted by atomic mass is 16.2. The van der Waals surface area contributed by atoms with Crippen LogP contribution in [-0.4, -0.2) is 35.9 Å². The van der Waals surface area contributed by atoms with Crippen molar-refractivity contribution in [3.63, 3.8) is 0 Å². The number of rotatable bonds is 6. The van der Waals surface area contributed by atoms with Crippen LogP contribution < -0.4 is 5.32 Å². The summed E-state index contributed by atoms with van der Waals surface area (Å²) in [5.74, 6) is 0.512. The quantitative estimate of drug-likeness (QED) is 0.843. The van der Waals surface area contributed by atoms with Crippen molar-refractivity contribution < 1.29 is 4.79 Å². The zero-order valence-corrected chi connectivity index (χ0v) is 11.7. The highest BCUT2D eigenvalue weighted by Gasteiger charge is 2.16. The van der Waals surface area contributed by atoms with Crippen molar-refractivity contribution in [2.75, 3.05) is 25.5 Å². The molecule has 0 aromatic carbocycles. The number of anilines is 1. The Bertz CT molecular complexity index is 390. The first kappa shape index (κ1) is 14.5. The number of nitrogens with zero attached hydrogens (tertiary/aromatic N) is 2. The summed E-state index contributed by atoms with van der Waals surface area (Å²) < 4.78 is 0. The van der Waals surface area contributed by atoms with Gasteiger partial charge >= 0.3 is 0 Å². The second-order valence-corrected chi connectivity index (χ2v) is 4.93. The number of aromatic nitrogens is 1. The van der Waals surface area contributed by atoms with Gasteiger partial charge in [0.15, 0.2) is 0 Å². The van der Waals surface area contributed by atoms with Gasteiger partial charge in [-0.15, -0.1) is 0 Å². The highest BCUT2D eigenvalue weighted by molar-refractivity contribution is 5.99. The predicted octanol–water partition coefficient (Wildman–Crippen LogP) is 2.63. The summed E-state index contributed by atoms with van der Waals surface area (Å²) in [6, 6.07) is 1.77. The van der Waals surface area contributed by atoms with Gasteiger partial charge in [0.25, 0.3) is 5.91 Å². The second-order valence-electron chi connectivity index (χ2n) is 4.93. The van der Waals surface area contributed by atoms with E-state index in [1.165, 1.54) is 0 Å². The summed E-state index contributed by atoms with van der Waals surface area (Å²) >= 11 is 0.